The Balaban J connectivity index is 1.45. The standard InChI is InChI=1S/C21H18ClN3O3/c22-16-7-4-8-17-18(16)15(13-23-17)19(26)21(28)25-11-9-24(10-12-25)20(27)14-5-2-1-3-6-14/h1-8,13,23H,9-12H2. The fourth-order valence-electron chi connectivity index (χ4n) is 3.45. The monoisotopic (exact) mass is 395 g/mol. The number of carbonyl (C=O) groups is 3. The molecule has 2 heterocycles. The average molecular weight is 396 g/mol. The van der Waals surface area contributed by atoms with E-state index in [2.05, 4.69) is 4.98 Å². The zero-order chi connectivity index (χ0) is 19.7. The molecular weight excluding hydrogens is 378 g/mol. The van der Waals surface area contributed by atoms with E-state index in [0.717, 1.165) is 0 Å². The molecule has 3 aromatic rings. The third-order valence-corrected chi connectivity index (χ3v) is 5.28. The van der Waals surface area contributed by atoms with Gasteiger partial charge in [-0.1, -0.05) is 35.9 Å². The van der Waals surface area contributed by atoms with E-state index in [0.29, 0.717) is 47.7 Å². The fraction of sp³-hybridized carbons (Fsp3) is 0.190. The van der Waals surface area contributed by atoms with Gasteiger partial charge in [0.25, 0.3) is 17.6 Å². The Hall–Kier alpha value is -3.12. The summed E-state index contributed by atoms with van der Waals surface area (Å²) in [5.41, 5.74) is 1.60. The lowest BCUT2D eigenvalue weighted by Gasteiger charge is -2.34. The average Bonchev–Trinajstić information content (AvgIpc) is 3.18. The molecule has 0 bridgehead atoms. The van der Waals surface area contributed by atoms with Crippen LogP contribution in [0.15, 0.2) is 54.7 Å². The van der Waals surface area contributed by atoms with Gasteiger partial charge in [0.05, 0.1) is 10.6 Å². The maximum absolute atomic E-state index is 12.8. The molecule has 142 valence electrons. The molecule has 1 aromatic heterocycles. The Morgan fingerprint density at radius 1 is 0.857 bits per heavy atom. The SMILES string of the molecule is O=C(C(=O)N1CCN(C(=O)c2ccccc2)CC1)c1c[nH]c2cccc(Cl)c12. The second kappa shape index (κ2) is 7.48. The number of Topliss-reactive ketones (excluding diaryl/α,β-unsaturated/α-hetero) is 1. The number of ketones is 1. The molecule has 0 spiro atoms. The Labute approximate surface area is 166 Å². The number of benzene rings is 2. The molecule has 1 N–H and O–H groups in total. The Morgan fingerprint density at radius 2 is 1.54 bits per heavy atom. The Kier molecular flexibility index (Phi) is 4.88. The van der Waals surface area contributed by atoms with Crippen LogP contribution in [-0.2, 0) is 4.79 Å². The lowest BCUT2D eigenvalue weighted by atomic mass is 10.1. The van der Waals surface area contributed by atoms with Crippen LogP contribution in [0.25, 0.3) is 10.9 Å². The lowest BCUT2D eigenvalue weighted by molar-refractivity contribution is -0.127. The number of hydrogen-bond acceptors (Lipinski definition) is 3. The zero-order valence-electron chi connectivity index (χ0n) is 15.0. The molecule has 4 rings (SSSR count). The second-order valence-corrected chi connectivity index (χ2v) is 7.05. The van der Waals surface area contributed by atoms with Crippen LogP contribution < -0.4 is 0 Å². The van der Waals surface area contributed by atoms with E-state index in [1.54, 1.807) is 35.2 Å². The number of hydrogen-bond donors (Lipinski definition) is 1. The van der Waals surface area contributed by atoms with E-state index < -0.39 is 11.7 Å². The van der Waals surface area contributed by atoms with Gasteiger partial charge in [-0.25, -0.2) is 0 Å². The molecule has 2 aromatic carbocycles. The van der Waals surface area contributed by atoms with Crippen molar-refractivity contribution in [3.63, 3.8) is 0 Å². The lowest BCUT2D eigenvalue weighted by Crippen LogP contribution is -2.52. The van der Waals surface area contributed by atoms with Crippen molar-refractivity contribution < 1.29 is 14.4 Å². The zero-order valence-corrected chi connectivity index (χ0v) is 15.8. The topological polar surface area (TPSA) is 73.5 Å². The van der Waals surface area contributed by atoms with Crippen molar-refractivity contribution in [1.82, 2.24) is 14.8 Å². The first kappa shape index (κ1) is 18.3. The van der Waals surface area contributed by atoms with E-state index in [1.165, 1.54) is 11.1 Å². The molecule has 0 unspecified atom stereocenters. The minimum atomic E-state index is -0.595. The second-order valence-electron chi connectivity index (χ2n) is 6.64. The summed E-state index contributed by atoms with van der Waals surface area (Å²) in [5, 5.41) is 0.980. The summed E-state index contributed by atoms with van der Waals surface area (Å²) in [6, 6.07) is 14.3. The number of amides is 2. The number of aromatic amines is 1. The van der Waals surface area contributed by atoms with Crippen molar-refractivity contribution in [2.24, 2.45) is 0 Å². The number of carbonyl (C=O) groups excluding carboxylic acids is 3. The number of nitrogens with zero attached hydrogens (tertiary/aromatic N) is 2. The minimum absolute atomic E-state index is 0.0672. The summed E-state index contributed by atoms with van der Waals surface area (Å²) < 4.78 is 0. The third-order valence-electron chi connectivity index (χ3n) is 4.97. The van der Waals surface area contributed by atoms with E-state index in [-0.39, 0.29) is 11.5 Å². The van der Waals surface area contributed by atoms with E-state index in [4.69, 9.17) is 11.6 Å². The first-order chi connectivity index (χ1) is 13.6. The third kappa shape index (κ3) is 3.27. The van der Waals surface area contributed by atoms with Crippen LogP contribution in [0.2, 0.25) is 5.02 Å². The fourth-order valence-corrected chi connectivity index (χ4v) is 3.73. The smallest absolute Gasteiger partial charge is 0.295 e. The van der Waals surface area contributed by atoms with Crippen molar-refractivity contribution in [3.05, 3.63) is 70.9 Å². The van der Waals surface area contributed by atoms with Gasteiger partial charge < -0.3 is 14.8 Å². The van der Waals surface area contributed by atoms with Gasteiger partial charge in [0.1, 0.15) is 0 Å². The van der Waals surface area contributed by atoms with Gasteiger partial charge in [-0.15, -0.1) is 0 Å². The predicted molar refractivity (Wildman–Crippen MR) is 107 cm³/mol. The van der Waals surface area contributed by atoms with Gasteiger partial charge in [-0.05, 0) is 24.3 Å². The molecule has 2 amide bonds. The highest BCUT2D eigenvalue weighted by Crippen LogP contribution is 2.27. The van der Waals surface area contributed by atoms with Gasteiger partial charge in [-0.3, -0.25) is 14.4 Å². The summed E-state index contributed by atoms with van der Waals surface area (Å²) in [4.78, 5) is 44.2. The largest absolute Gasteiger partial charge is 0.360 e. The van der Waals surface area contributed by atoms with Gasteiger partial charge in [0, 0.05) is 48.8 Å². The van der Waals surface area contributed by atoms with Crippen molar-refractivity contribution in [3.8, 4) is 0 Å². The summed E-state index contributed by atoms with van der Waals surface area (Å²) in [6.07, 6.45) is 1.52. The molecule has 7 heteroatoms. The molecule has 0 aliphatic carbocycles. The van der Waals surface area contributed by atoms with Crippen molar-refractivity contribution in [1.29, 1.82) is 0 Å². The number of rotatable bonds is 3. The number of fused-ring (bicyclic) bond motifs is 1. The molecule has 0 atom stereocenters. The summed E-state index contributed by atoms with van der Waals surface area (Å²) >= 11 is 6.21. The molecule has 6 nitrogen and oxygen atoms in total. The molecule has 0 saturated carbocycles. The summed E-state index contributed by atoms with van der Waals surface area (Å²) in [6.45, 7) is 1.42. The van der Waals surface area contributed by atoms with E-state index in [9.17, 15) is 14.4 Å². The Morgan fingerprint density at radius 3 is 2.25 bits per heavy atom. The van der Waals surface area contributed by atoms with Gasteiger partial charge in [-0.2, -0.15) is 0 Å². The molecule has 1 fully saturated rings. The van der Waals surface area contributed by atoms with Crippen LogP contribution >= 0.6 is 11.6 Å². The Bertz CT molecular complexity index is 1050. The molecule has 1 aliphatic rings. The normalized spacial score (nSPS) is 14.3. The van der Waals surface area contributed by atoms with Gasteiger partial charge >= 0.3 is 0 Å². The summed E-state index contributed by atoms with van der Waals surface area (Å²) in [7, 11) is 0. The van der Waals surface area contributed by atoms with E-state index in [1.807, 2.05) is 18.2 Å². The minimum Gasteiger partial charge on any atom is -0.360 e. The summed E-state index contributed by atoms with van der Waals surface area (Å²) in [5.74, 6) is -1.24. The highest BCUT2D eigenvalue weighted by Gasteiger charge is 2.30. The maximum Gasteiger partial charge on any atom is 0.295 e. The molecular formula is C21H18ClN3O3. The number of aromatic nitrogens is 1. The van der Waals surface area contributed by atoms with Crippen molar-refractivity contribution >= 4 is 40.1 Å². The highest BCUT2D eigenvalue weighted by molar-refractivity contribution is 6.47. The van der Waals surface area contributed by atoms with Crippen LogP contribution in [0.4, 0.5) is 0 Å². The van der Waals surface area contributed by atoms with Crippen molar-refractivity contribution in [2.75, 3.05) is 26.2 Å². The van der Waals surface area contributed by atoms with Crippen LogP contribution in [-0.4, -0.2) is 58.6 Å². The van der Waals surface area contributed by atoms with E-state index >= 15 is 0 Å². The van der Waals surface area contributed by atoms with Gasteiger partial charge in [0.2, 0.25) is 0 Å². The van der Waals surface area contributed by atoms with Crippen LogP contribution in [0.1, 0.15) is 20.7 Å². The predicted octanol–water partition coefficient (Wildman–Crippen LogP) is 2.99. The quantitative estimate of drug-likeness (QED) is 0.547. The first-order valence-electron chi connectivity index (χ1n) is 9.00. The molecule has 28 heavy (non-hydrogen) atoms. The maximum atomic E-state index is 12.8. The van der Waals surface area contributed by atoms with Crippen LogP contribution in [0, 0.1) is 0 Å². The molecule has 0 radical (unpaired) electrons. The number of H-pyrrole nitrogens is 1. The van der Waals surface area contributed by atoms with Crippen LogP contribution in [0.3, 0.4) is 0 Å². The van der Waals surface area contributed by atoms with Crippen molar-refractivity contribution in [2.45, 2.75) is 0 Å². The first-order valence-corrected chi connectivity index (χ1v) is 9.37. The van der Waals surface area contributed by atoms with Crippen LogP contribution in [0.5, 0.6) is 0 Å². The number of piperazine rings is 1. The highest BCUT2D eigenvalue weighted by atomic mass is 35.5. The molecule has 1 aliphatic heterocycles. The number of halogens is 1. The molecule has 1 saturated heterocycles. The van der Waals surface area contributed by atoms with Gasteiger partial charge in [0.15, 0.2) is 0 Å². The number of nitrogens with one attached hydrogen (secondary N) is 1.